The minimum absolute atomic E-state index is 0.0618. The zero-order valence-electron chi connectivity index (χ0n) is 11.9. The Bertz CT molecular complexity index is 515. The summed E-state index contributed by atoms with van der Waals surface area (Å²) in [6, 6.07) is 4.18. The predicted molar refractivity (Wildman–Crippen MR) is 78.0 cm³/mol. The van der Waals surface area contributed by atoms with Gasteiger partial charge in [0.2, 0.25) is 5.91 Å². The van der Waals surface area contributed by atoms with Gasteiger partial charge in [-0.2, -0.15) is 0 Å². The van der Waals surface area contributed by atoms with Gasteiger partial charge in [0, 0.05) is 24.4 Å². The van der Waals surface area contributed by atoms with Gasteiger partial charge >= 0.3 is 6.03 Å². The monoisotopic (exact) mass is 294 g/mol. The molecule has 0 fully saturated rings. The third-order valence-electron chi connectivity index (χ3n) is 2.63. The first kappa shape index (κ1) is 16.4. The van der Waals surface area contributed by atoms with E-state index in [1.165, 1.54) is 24.3 Å². The molecule has 0 saturated carbocycles. The van der Waals surface area contributed by atoms with Crippen molar-refractivity contribution in [3.63, 3.8) is 0 Å². The molecule has 1 atom stereocenters. The van der Waals surface area contributed by atoms with E-state index in [0.29, 0.717) is 12.2 Å². The molecule has 3 amide bonds. The van der Waals surface area contributed by atoms with E-state index in [2.05, 4.69) is 16.0 Å². The Labute approximate surface area is 122 Å². The van der Waals surface area contributed by atoms with Crippen molar-refractivity contribution >= 4 is 23.3 Å². The summed E-state index contributed by atoms with van der Waals surface area (Å²) in [6.45, 7) is 4.05. The number of hydrogen-bond acceptors (Lipinski definition) is 4. The third kappa shape index (κ3) is 5.47. The summed E-state index contributed by atoms with van der Waals surface area (Å²) in [7, 11) is 0. The fourth-order valence-corrected chi connectivity index (χ4v) is 1.50. The molecule has 114 valence electrons. The molecule has 0 bridgehead atoms. The molecule has 21 heavy (non-hydrogen) atoms. The van der Waals surface area contributed by atoms with Gasteiger partial charge in [0.1, 0.15) is 6.04 Å². The minimum Gasteiger partial charge on any atom is -0.354 e. The van der Waals surface area contributed by atoms with Crippen LogP contribution >= 0.6 is 0 Å². The van der Waals surface area contributed by atoms with Crippen LogP contribution in [0.15, 0.2) is 24.3 Å². The molecule has 8 nitrogen and oxygen atoms in total. The maximum atomic E-state index is 11.7. The average molecular weight is 294 g/mol. The highest BCUT2D eigenvalue weighted by Gasteiger charge is 2.15. The number of benzene rings is 1. The SMILES string of the molecule is CCCNC(=O)C(C)NC(=O)Nc1ccc([N+](=O)[O-])cc1. The molecule has 8 heteroatoms. The molecule has 0 aliphatic heterocycles. The van der Waals surface area contributed by atoms with Crippen molar-refractivity contribution in [3.05, 3.63) is 34.4 Å². The summed E-state index contributed by atoms with van der Waals surface area (Å²) in [5.41, 5.74) is 0.340. The molecule has 0 spiro atoms. The topological polar surface area (TPSA) is 113 Å². The fourth-order valence-electron chi connectivity index (χ4n) is 1.50. The van der Waals surface area contributed by atoms with Crippen molar-refractivity contribution in [1.82, 2.24) is 10.6 Å². The summed E-state index contributed by atoms with van der Waals surface area (Å²) in [6.07, 6.45) is 0.813. The number of anilines is 1. The van der Waals surface area contributed by atoms with E-state index < -0.39 is 17.0 Å². The zero-order valence-corrected chi connectivity index (χ0v) is 11.9. The summed E-state index contributed by atoms with van der Waals surface area (Å²) < 4.78 is 0. The number of rotatable bonds is 6. The predicted octanol–water partition coefficient (Wildman–Crippen LogP) is 1.63. The van der Waals surface area contributed by atoms with E-state index >= 15 is 0 Å². The number of nitrogens with one attached hydrogen (secondary N) is 3. The highest BCUT2D eigenvalue weighted by molar-refractivity contribution is 5.93. The Kier molecular flexibility index (Phi) is 6.12. The van der Waals surface area contributed by atoms with Gasteiger partial charge in [0.25, 0.3) is 5.69 Å². The summed E-state index contributed by atoms with van der Waals surface area (Å²) >= 11 is 0. The van der Waals surface area contributed by atoms with Crippen molar-refractivity contribution in [1.29, 1.82) is 0 Å². The number of hydrogen-bond donors (Lipinski definition) is 3. The molecule has 3 N–H and O–H groups in total. The molecular weight excluding hydrogens is 276 g/mol. The molecule has 1 aromatic carbocycles. The van der Waals surface area contributed by atoms with E-state index in [4.69, 9.17) is 0 Å². The van der Waals surface area contributed by atoms with E-state index in [-0.39, 0.29) is 11.6 Å². The fraction of sp³-hybridized carbons (Fsp3) is 0.385. The normalized spacial score (nSPS) is 11.3. The second-order valence-corrected chi connectivity index (χ2v) is 4.42. The van der Waals surface area contributed by atoms with Crippen LogP contribution in [0.2, 0.25) is 0 Å². The van der Waals surface area contributed by atoms with Crippen LogP contribution < -0.4 is 16.0 Å². The van der Waals surface area contributed by atoms with E-state index in [9.17, 15) is 19.7 Å². The zero-order chi connectivity index (χ0) is 15.8. The van der Waals surface area contributed by atoms with Gasteiger partial charge in [-0.3, -0.25) is 14.9 Å². The van der Waals surface area contributed by atoms with Crippen molar-refractivity contribution in [2.24, 2.45) is 0 Å². The van der Waals surface area contributed by atoms with Crippen LogP contribution in [0.5, 0.6) is 0 Å². The summed E-state index contributed by atoms with van der Waals surface area (Å²) in [5.74, 6) is -0.268. The molecule has 1 rings (SSSR count). The van der Waals surface area contributed by atoms with Crippen LogP contribution in [0.25, 0.3) is 0 Å². The van der Waals surface area contributed by atoms with Crippen LogP contribution in [-0.4, -0.2) is 29.4 Å². The second-order valence-electron chi connectivity index (χ2n) is 4.42. The standard InChI is InChI=1S/C13H18N4O4/c1-3-8-14-12(18)9(2)15-13(19)16-10-4-6-11(7-5-10)17(20)21/h4-7,9H,3,8H2,1-2H3,(H,14,18)(H2,15,16,19). The Balaban J connectivity index is 2.49. The molecule has 1 unspecified atom stereocenters. The lowest BCUT2D eigenvalue weighted by Gasteiger charge is -2.14. The first-order chi connectivity index (χ1) is 9.93. The number of urea groups is 1. The smallest absolute Gasteiger partial charge is 0.319 e. The van der Waals surface area contributed by atoms with E-state index in [1.807, 2.05) is 6.92 Å². The summed E-state index contributed by atoms with van der Waals surface area (Å²) in [4.78, 5) is 33.2. The van der Waals surface area contributed by atoms with Gasteiger partial charge < -0.3 is 16.0 Å². The maximum Gasteiger partial charge on any atom is 0.319 e. The molecule has 0 aliphatic rings. The number of non-ortho nitro benzene ring substituents is 1. The molecule has 0 radical (unpaired) electrons. The van der Waals surface area contributed by atoms with Crippen LogP contribution in [0.1, 0.15) is 20.3 Å². The van der Waals surface area contributed by atoms with Gasteiger partial charge in [-0.25, -0.2) is 4.79 Å². The van der Waals surface area contributed by atoms with E-state index in [0.717, 1.165) is 6.42 Å². The Hall–Kier alpha value is -2.64. The minimum atomic E-state index is -0.672. The Morgan fingerprint density at radius 2 is 1.90 bits per heavy atom. The highest BCUT2D eigenvalue weighted by atomic mass is 16.6. The maximum absolute atomic E-state index is 11.7. The molecule has 0 aromatic heterocycles. The quantitative estimate of drug-likeness (QED) is 0.546. The number of carbonyl (C=O) groups is 2. The highest BCUT2D eigenvalue weighted by Crippen LogP contribution is 2.15. The van der Waals surface area contributed by atoms with Crippen molar-refractivity contribution in [2.75, 3.05) is 11.9 Å². The molecule has 0 heterocycles. The van der Waals surface area contributed by atoms with Crippen LogP contribution in [0.3, 0.4) is 0 Å². The van der Waals surface area contributed by atoms with Crippen LogP contribution in [0.4, 0.5) is 16.2 Å². The molecule has 0 saturated heterocycles. The van der Waals surface area contributed by atoms with Gasteiger partial charge in [-0.05, 0) is 25.5 Å². The number of amides is 3. The van der Waals surface area contributed by atoms with Gasteiger partial charge in [-0.15, -0.1) is 0 Å². The lowest BCUT2D eigenvalue weighted by Crippen LogP contribution is -2.46. The third-order valence-corrected chi connectivity index (χ3v) is 2.63. The number of nitrogens with zero attached hydrogens (tertiary/aromatic N) is 1. The lowest BCUT2D eigenvalue weighted by molar-refractivity contribution is -0.384. The molecule has 1 aromatic rings. The van der Waals surface area contributed by atoms with Gasteiger partial charge in [0.05, 0.1) is 4.92 Å². The van der Waals surface area contributed by atoms with Gasteiger partial charge in [0.15, 0.2) is 0 Å². The summed E-state index contributed by atoms with van der Waals surface area (Å²) in [5, 5.41) is 18.1. The van der Waals surface area contributed by atoms with Crippen LogP contribution in [0, 0.1) is 10.1 Å². The first-order valence-corrected chi connectivity index (χ1v) is 6.53. The second kappa shape index (κ2) is 7.83. The number of nitro groups is 1. The van der Waals surface area contributed by atoms with E-state index in [1.54, 1.807) is 6.92 Å². The largest absolute Gasteiger partial charge is 0.354 e. The molecule has 0 aliphatic carbocycles. The first-order valence-electron chi connectivity index (χ1n) is 6.53. The van der Waals surface area contributed by atoms with Crippen LogP contribution in [-0.2, 0) is 4.79 Å². The molecular formula is C13H18N4O4. The number of carbonyl (C=O) groups excluding carboxylic acids is 2. The van der Waals surface area contributed by atoms with Crippen molar-refractivity contribution in [3.8, 4) is 0 Å². The van der Waals surface area contributed by atoms with Gasteiger partial charge in [-0.1, -0.05) is 6.92 Å². The Morgan fingerprint density at radius 3 is 2.43 bits per heavy atom. The van der Waals surface area contributed by atoms with Crippen molar-refractivity contribution < 1.29 is 14.5 Å². The lowest BCUT2D eigenvalue weighted by atomic mass is 10.3. The Morgan fingerprint density at radius 1 is 1.29 bits per heavy atom. The van der Waals surface area contributed by atoms with Crippen molar-refractivity contribution in [2.45, 2.75) is 26.3 Å². The number of nitro benzene ring substituents is 1. The average Bonchev–Trinajstić information content (AvgIpc) is 2.45.